The summed E-state index contributed by atoms with van der Waals surface area (Å²) >= 11 is 0. The van der Waals surface area contributed by atoms with E-state index in [2.05, 4.69) is 57.1 Å². The first-order chi connectivity index (χ1) is 10.8. The van der Waals surface area contributed by atoms with Crippen molar-refractivity contribution in [2.24, 2.45) is 0 Å². The Bertz CT molecular complexity index is 815. The zero-order valence-electron chi connectivity index (χ0n) is 12.6. The normalized spacial score (nSPS) is 14.2. The van der Waals surface area contributed by atoms with Gasteiger partial charge in [0.2, 0.25) is 0 Å². The van der Waals surface area contributed by atoms with Crippen LogP contribution in [0.4, 0.5) is 11.5 Å². The van der Waals surface area contributed by atoms with Crippen LogP contribution in [0.15, 0.2) is 55.0 Å². The number of likely N-dealkylation sites (N-methyl/N-ethyl adjacent to an activating group) is 1. The van der Waals surface area contributed by atoms with Crippen molar-refractivity contribution in [3.8, 4) is 0 Å². The molecule has 0 unspecified atom stereocenters. The van der Waals surface area contributed by atoms with Crippen molar-refractivity contribution in [2.45, 2.75) is 6.54 Å². The first-order valence-corrected chi connectivity index (χ1v) is 7.55. The molecule has 4 rings (SSSR count). The Morgan fingerprint density at radius 1 is 1.05 bits per heavy atom. The first-order valence-electron chi connectivity index (χ1n) is 7.55. The second-order valence-electron chi connectivity index (χ2n) is 5.75. The molecule has 3 heterocycles. The molecule has 0 spiro atoms. The van der Waals surface area contributed by atoms with Gasteiger partial charge in [0.1, 0.15) is 0 Å². The van der Waals surface area contributed by atoms with Crippen molar-refractivity contribution in [3.05, 3.63) is 60.6 Å². The molecule has 0 saturated carbocycles. The summed E-state index contributed by atoms with van der Waals surface area (Å²) in [4.78, 5) is 13.3. The highest BCUT2D eigenvalue weighted by Crippen LogP contribution is 2.30. The van der Waals surface area contributed by atoms with Gasteiger partial charge in [-0.25, -0.2) is 4.98 Å². The number of hydrogen-bond acceptors (Lipinski definition) is 4. The van der Waals surface area contributed by atoms with Crippen LogP contribution in [0.2, 0.25) is 0 Å². The van der Waals surface area contributed by atoms with Crippen LogP contribution in [0.25, 0.3) is 10.8 Å². The summed E-state index contributed by atoms with van der Waals surface area (Å²) in [6.07, 6.45) is 5.62. The Morgan fingerprint density at radius 3 is 2.95 bits per heavy atom. The van der Waals surface area contributed by atoms with Crippen molar-refractivity contribution in [2.75, 3.05) is 29.9 Å². The van der Waals surface area contributed by atoms with Crippen LogP contribution >= 0.6 is 0 Å². The Labute approximate surface area is 130 Å². The third-order valence-corrected chi connectivity index (χ3v) is 4.25. The zero-order valence-corrected chi connectivity index (χ0v) is 12.6. The number of hydrogen-bond donors (Lipinski definition) is 0. The fraction of sp³-hybridized carbons (Fsp3) is 0.222. The SMILES string of the molecule is CN1CCN(Cc2ccc3cnccc3c2)c2cccnc21. The molecule has 0 amide bonds. The van der Waals surface area contributed by atoms with E-state index in [9.17, 15) is 0 Å². The predicted molar refractivity (Wildman–Crippen MR) is 90.3 cm³/mol. The van der Waals surface area contributed by atoms with E-state index in [0.717, 1.165) is 25.5 Å². The molecule has 0 saturated heterocycles. The van der Waals surface area contributed by atoms with Crippen LogP contribution in [-0.4, -0.2) is 30.1 Å². The van der Waals surface area contributed by atoms with E-state index in [0.29, 0.717) is 0 Å². The van der Waals surface area contributed by atoms with Gasteiger partial charge in [-0.3, -0.25) is 4.98 Å². The van der Waals surface area contributed by atoms with Gasteiger partial charge in [-0.2, -0.15) is 0 Å². The molecule has 2 aromatic heterocycles. The number of anilines is 2. The fourth-order valence-electron chi connectivity index (χ4n) is 3.04. The average molecular weight is 290 g/mol. The Balaban J connectivity index is 1.66. The van der Waals surface area contributed by atoms with Gasteiger partial charge in [-0.15, -0.1) is 0 Å². The van der Waals surface area contributed by atoms with Crippen LogP contribution < -0.4 is 9.80 Å². The molecule has 1 aliphatic heterocycles. The maximum atomic E-state index is 4.52. The maximum absolute atomic E-state index is 4.52. The maximum Gasteiger partial charge on any atom is 0.151 e. The molecule has 1 aromatic carbocycles. The Kier molecular flexibility index (Phi) is 3.15. The molecule has 3 aromatic rings. The van der Waals surface area contributed by atoms with E-state index < -0.39 is 0 Å². The molecule has 0 aliphatic carbocycles. The van der Waals surface area contributed by atoms with E-state index in [-0.39, 0.29) is 0 Å². The third kappa shape index (κ3) is 2.26. The van der Waals surface area contributed by atoms with Crippen LogP contribution in [0, 0.1) is 0 Å². The van der Waals surface area contributed by atoms with Crippen LogP contribution in [0.5, 0.6) is 0 Å². The smallest absolute Gasteiger partial charge is 0.151 e. The molecule has 0 bridgehead atoms. The van der Waals surface area contributed by atoms with Crippen molar-refractivity contribution in [3.63, 3.8) is 0 Å². The lowest BCUT2D eigenvalue weighted by atomic mass is 10.1. The number of pyridine rings is 2. The van der Waals surface area contributed by atoms with Crippen molar-refractivity contribution < 1.29 is 0 Å². The zero-order chi connectivity index (χ0) is 14.9. The third-order valence-electron chi connectivity index (χ3n) is 4.25. The molecule has 1 aliphatic rings. The van der Waals surface area contributed by atoms with Crippen LogP contribution in [0.1, 0.15) is 5.56 Å². The highest BCUT2D eigenvalue weighted by atomic mass is 15.3. The summed E-state index contributed by atoms with van der Waals surface area (Å²) in [7, 11) is 2.10. The van der Waals surface area contributed by atoms with Gasteiger partial charge >= 0.3 is 0 Å². The molecular weight excluding hydrogens is 272 g/mol. The molecule has 22 heavy (non-hydrogen) atoms. The van der Waals surface area contributed by atoms with Crippen molar-refractivity contribution in [1.82, 2.24) is 9.97 Å². The summed E-state index contributed by atoms with van der Waals surface area (Å²) in [5, 5.41) is 2.43. The molecule has 110 valence electrons. The summed E-state index contributed by atoms with van der Waals surface area (Å²) < 4.78 is 0. The van der Waals surface area contributed by atoms with E-state index in [1.165, 1.54) is 22.0 Å². The topological polar surface area (TPSA) is 32.3 Å². The second kappa shape index (κ2) is 5.30. The quantitative estimate of drug-likeness (QED) is 0.726. The van der Waals surface area contributed by atoms with E-state index >= 15 is 0 Å². The molecule has 0 fully saturated rings. The molecular formula is C18H18N4. The number of rotatable bonds is 2. The van der Waals surface area contributed by atoms with Gasteiger partial charge < -0.3 is 9.80 Å². The number of benzene rings is 1. The lowest BCUT2D eigenvalue weighted by molar-refractivity contribution is 0.725. The predicted octanol–water partition coefficient (Wildman–Crippen LogP) is 3.09. The van der Waals surface area contributed by atoms with Gasteiger partial charge in [0, 0.05) is 50.7 Å². The highest BCUT2D eigenvalue weighted by molar-refractivity contribution is 5.82. The van der Waals surface area contributed by atoms with Gasteiger partial charge in [0.05, 0.1) is 5.69 Å². The Morgan fingerprint density at radius 2 is 2.00 bits per heavy atom. The van der Waals surface area contributed by atoms with E-state index in [4.69, 9.17) is 0 Å². The molecule has 4 nitrogen and oxygen atoms in total. The molecule has 0 radical (unpaired) electrons. The van der Waals surface area contributed by atoms with E-state index in [1.54, 1.807) is 0 Å². The molecule has 0 N–H and O–H groups in total. The Hall–Kier alpha value is -2.62. The first kappa shape index (κ1) is 13.1. The average Bonchev–Trinajstić information content (AvgIpc) is 2.58. The summed E-state index contributed by atoms with van der Waals surface area (Å²) in [5.74, 6) is 1.07. The van der Waals surface area contributed by atoms with Crippen LogP contribution in [0.3, 0.4) is 0 Å². The highest BCUT2D eigenvalue weighted by Gasteiger charge is 2.20. The fourth-order valence-corrected chi connectivity index (χ4v) is 3.04. The number of aromatic nitrogens is 2. The van der Waals surface area contributed by atoms with Crippen LogP contribution in [-0.2, 0) is 6.54 Å². The minimum atomic E-state index is 0.908. The number of nitrogens with zero attached hydrogens (tertiary/aromatic N) is 4. The van der Waals surface area contributed by atoms with Gasteiger partial charge in [-0.05, 0) is 35.2 Å². The number of fused-ring (bicyclic) bond motifs is 2. The standard InChI is InChI=1S/C18H18N4/c1-21-9-10-22(17-3-2-7-20-18(17)21)13-14-4-5-16-12-19-8-6-15(16)11-14/h2-8,11-12H,9-10,13H2,1H3. The van der Waals surface area contributed by atoms with Crippen molar-refractivity contribution >= 4 is 22.3 Å². The summed E-state index contributed by atoms with van der Waals surface area (Å²) in [6, 6.07) is 12.8. The lowest BCUT2D eigenvalue weighted by Gasteiger charge is -2.36. The van der Waals surface area contributed by atoms with Gasteiger partial charge in [0.15, 0.2) is 5.82 Å². The largest absolute Gasteiger partial charge is 0.362 e. The minimum absolute atomic E-state index is 0.908. The lowest BCUT2D eigenvalue weighted by Crippen LogP contribution is -2.39. The minimum Gasteiger partial charge on any atom is -0.362 e. The van der Waals surface area contributed by atoms with Gasteiger partial charge in [0.25, 0.3) is 0 Å². The summed E-state index contributed by atoms with van der Waals surface area (Å²) in [6.45, 7) is 2.93. The summed E-state index contributed by atoms with van der Waals surface area (Å²) in [5.41, 5.74) is 2.53. The van der Waals surface area contributed by atoms with E-state index in [1.807, 2.05) is 24.7 Å². The van der Waals surface area contributed by atoms with Crippen molar-refractivity contribution in [1.29, 1.82) is 0 Å². The molecule has 4 heteroatoms. The monoisotopic (exact) mass is 290 g/mol. The second-order valence-corrected chi connectivity index (χ2v) is 5.75. The molecule has 0 atom stereocenters. The van der Waals surface area contributed by atoms with Gasteiger partial charge in [-0.1, -0.05) is 12.1 Å².